The summed E-state index contributed by atoms with van der Waals surface area (Å²) in [5, 5.41) is 0. The standard InChI is InChI=1S/C18H20O3/c1-12(2)21-17-8-6-5-7-15(17)18(19)14-9-10-16(20-4)13(3)11-14/h5-12H,1-4H3. The number of ether oxygens (including phenoxy) is 2. The van der Waals surface area contributed by atoms with Gasteiger partial charge in [0.15, 0.2) is 5.78 Å². The van der Waals surface area contributed by atoms with Crippen molar-refractivity contribution in [3.05, 3.63) is 59.2 Å². The number of para-hydroxylation sites is 1. The van der Waals surface area contributed by atoms with Crippen LogP contribution in [0.25, 0.3) is 0 Å². The van der Waals surface area contributed by atoms with Gasteiger partial charge in [0.2, 0.25) is 0 Å². The molecule has 0 amide bonds. The van der Waals surface area contributed by atoms with E-state index in [-0.39, 0.29) is 11.9 Å². The molecule has 0 saturated heterocycles. The highest BCUT2D eigenvalue weighted by molar-refractivity contribution is 6.10. The molecule has 0 aliphatic heterocycles. The number of benzene rings is 2. The van der Waals surface area contributed by atoms with E-state index >= 15 is 0 Å². The van der Waals surface area contributed by atoms with Gasteiger partial charge in [-0.3, -0.25) is 4.79 Å². The smallest absolute Gasteiger partial charge is 0.196 e. The molecule has 0 spiro atoms. The molecule has 110 valence electrons. The molecule has 0 heterocycles. The normalized spacial score (nSPS) is 10.5. The number of hydrogen-bond acceptors (Lipinski definition) is 3. The predicted molar refractivity (Wildman–Crippen MR) is 83.4 cm³/mol. The number of carbonyl (C=O) groups excluding carboxylic acids is 1. The van der Waals surface area contributed by atoms with Gasteiger partial charge in [0.05, 0.1) is 18.8 Å². The fourth-order valence-corrected chi connectivity index (χ4v) is 2.19. The van der Waals surface area contributed by atoms with Crippen LogP contribution in [0.3, 0.4) is 0 Å². The fraction of sp³-hybridized carbons (Fsp3) is 0.278. The lowest BCUT2D eigenvalue weighted by atomic mass is 10.0. The maximum absolute atomic E-state index is 12.7. The predicted octanol–water partition coefficient (Wildman–Crippen LogP) is 4.02. The first-order valence-corrected chi connectivity index (χ1v) is 6.98. The van der Waals surface area contributed by atoms with Gasteiger partial charge in [-0.05, 0) is 56.7 Å². The SMILES string of the molecule is COc1ccc(C(=O)c2ccccc2OC(C)C)cc1C. The summed E-state index contributed by atoms with van der Waals surface area (Å²) in [5.41, 5.74) is 2.15. The molecule has 0 aromatic heterocycles. The molecule has 3 heteroatoms. The fourth-order valence-electron chi connectivity index (χ4n) is 2.19. The second kappa shape index (κ2) is 6.44. The van der Waals surface area contributed by atoms with Crippen molar-refractivity contribution in [3.63, 3.8) is 0 Å². The third kappa shape index (κ3) is 3.43. The Morgan fingerprint density at radius 2 is 1.76 bits per heavy atom. The molecule has 21 heavy (non-hydrogen) atoms. The third-order valence-corrected chi connectivity index (χ3v) is 3.15. The minimum absolute atomic E-state index is 0.0246. The molecular weight excluding hydrogens is 264 g/mol. The zero-order valence-corrected chi connectivity index (χ0v) is 12.8. The molecule has 2 aromatic rings. The molecule has 0 fully saturated rings. The van der Waals surface area contributed by atoms with E-state index in [2.05, 4.69) is 0 Å². The summed E-state index contributed by atoms with van der Waals surface area (Å²) in [6, 6.07) is 12.8. The average Bonchev–Trinajstić information content (AvgIpc) is 2.46. The number of hydrogen-bond donors (Lipinski definition) is 0. The Bertz CT molecular complexity index is 645. The van der Waals surface area contributed by atoms with Crippen molar-refractivity contribution in [2.75, 3.05) is 7.11 Å². The van der Waals surface area contributed by atoms with Crippen LogP contribution < -0.4 is 9.47 Å². The van der Waals surface area contributed by atoms with Gasteiger partial charge in [-0.15, -0.1) is 0 Å². The lowest BCUT2D eigenvalue weighted by Crippen LogP contribution is -2.10. The zero-order valence-electron chi connectivity index (χ0n) is 12.8. The number of aryl methyl sites for hydroxylation is 1. The molecule has 0 N–H and O–H groups in total. The lowest BCUT2D eigenvalue weighted by molar-refractivity contribution is 0.103. The van der Waals surface area contributed by atoms with Crippen molar-refractivity contribution >= 4 is 5.78 Å². The molecule has 2 rings (SSSR count). The lowest BCUT2D eigenvalue weighted by Gasteiger charge is -2.14. The van der Waals surface area contributed by atoms with Crippen molar-refractivity contribution in [2.45, 2.75) is 26.9 Å². The molecule has 0 saturated carbocycles. The Morgan fingerprint density at radius 1 is 1.05 bits per heavy atom. The van der Waals surface area contributed by atoms with Crippen LogP contribution in [0.5, 0.6) is 11.5 Å². The van der Waals surface area contributed by atoms with Gasteiger partial charge in [-0.1, -0.05) is 12.1 Å². The van der Waals surface area contributed by atoms with E-state index < -0.39 is 0 Å². The van der Waals surface area contributed by atoms with Crippen molar-refractivity contribution in [2.24, 2.45) is 0 Å². The molecule has 0 radical (unpaired) electrons. The van der Waals surface area contributed by atoms with Crippen LogP contribution in [-0.2, 0) is 0 Å². The van der Waals surface area contributed by atoms with Crippen molar-refractivity contribution in [3.8, 4) is 11.5 Å². The van der Waals surface area contributed by atoms with Crippen LogP contribution >= 0.6 is 0 Å². The first-order valence-electron chi connectivity index (χ1n) is 6.98. The van der Waals surface area contributed by atoms with Gasteiger partial charge in [-0.25, -0.2) is 0 Å². The van der Waals surface area contributed by atoms with E-state index in [0.29, 0.717) is 16.9 Å². The summed E-state index contributed by atoms with van der Waals surface area (Å²) in [6.45, 7) is 5.81. The number of ketones is 1. The van der Waals surface area contributed by atoms with E-state index in [1.165, 1.54) is 0 Å². The molecule has 2 aromatic carbocycles. The number of carbonyl (C=O) groups is 1. The van der Waals surface area contributed by atoms with E-state index in [0.717, 1.165) is 11.3 Å². The largest absolute Gasteiger partial charge is 0.496 e. The summed E-state index contributed by atoms with van der Waals surface area (Å²) in [4.78, 5) is 12.7. The Labute approximate surface area is 125 Å². The van der Waals surface area contributed by atoms with Gasteiger partial charge >= 0.3 is 0 Å². The highest BCUT2D eigenvalue weighted by Crippen LogP contribution is 2.25. The zero-order chi connectivity index (χ0) is 15.4. The maximum atomic E-state index is 12.7. The monoisotopic (exact) mass is 284 g/mol. The third-order valence-electron chi connectivity index (χ3n) is 3.15. The first-order chi connectivity index (χ1) is 10.0. The van der Waals surface area contributed by atoms with Crippen molar-refractivity contribution < 1.29 is 14.3 Å². The second-order valence-electron chi connectivity index (χ2n) is 5.18. The molecular formula is C18H20O3. The highest BCUT2D eigenvalue weighted by Gasteiger charge is 2.16. The van der Waals surface area contributed by atoms with E-state index in [1.807, 2.05) is 51.1 Å². The van der Waals surface area contributed by atoms with Crippen LogP contribution in [0, 0.1) is 6.92 Å². The quantitative estimate of drug-likeness (QED) is 0.778. The number of rotatable bonds is 5. The molecule has 0 bridgehead atoms. The van der Waals surface area contributed by atoms with Crippen LogP contribution in [0.1, 0.15) is 35.3 Å². The summed E-state index contributed by atoms with van der Waals surface area (Å²) >= 11 is 0. The molecule has 0 aliphatic rings. The average molecular weight is 284 g/mol. The Balaban J connectivity index is 2.38. The van der Waals surface area contributed by atoms with E-state index in [4.69, 9.17) is 9.47 Å². The minimum Gasteiger partial charge on any atom is -0.496 e. The summed E-state index contributed by atoms with van der Waals surface area (Å²) in [5.74, 6) is 1.35. The highest BCUT2D eigenvalue weighted by atomic mass is 16.5. The van der Waals surface area contributed by atoms with Crippen LogP contribution in [0.2, 0.25) is 0 Å². The first kappa shape index (κ1) is 15.1. The molecule has 0 aliphatic carbocycles. The summed E-state index contributed by atoms with van der Waals surface area (Å²) in [7, 11) is 1.62. The van der Waals surface area contributed by atoms with Crippen LogP contribution in [0.15, 0.2) is 42.5 Å². The Hall–Kier alpha value is -2.29. The Morgan fingerprint density at radius 3 is 2.38 bits per heavy atom. The summed E-state index contributed by atoms with van der Waals surface area (Å²) in [6.07, 6.45) is 0.0246. The summed E-state index contributed by atoms with van der Waals surface area (Å²) < 4.78 is 10.9. The van der Waals surface area contributed by atoms with Gasteiger partial charge in [0.1, 0.15) is 11.5 Å². The van der Waals surface area contributed by atoms with Crippen LogP contribution in [0.4, 0.5) is 0 Å². The van der Waals surface area contributed by atoms with Crippen LogP contribution in [-0.4, -0.2) is 19.0 Å². The van der Waals surface area contributed by atoms with Gasteiger partial charge in [0, 0.05) is 5.56 Å². The number of methoxy groups -OCH3 is 1. The van der Waals surface area contributed by atoms with Gasteiger partial charge in [0.25, 0.3) is 0 Å². The second-order valence-corrected chi connectivity index (χ2v) is 5.18. The van der Waals surface area contributed by atoms with E-state index in [1.54, 1.807) is 19.2 Å². The minimum atomic E-state index is -0.0444. The Kier molecular flexibility index (Phi) is 4.63. The van der Waals surface area contributed by atoms with E-state index in [9.17, 15) is 4.79 Å². The maximum Gasteiger partial charge on any atom is 0.196 e. The van der Waals surface area contributed by atoms with Gasteiger partial charge < -0.3 is 9.47 Å². The van der Waals surface area contributed by atoms with Crippen molar-refractivity contribution in [1.82, 2.24) is 0 Å². The van der Waals surface area contributed by atoms with Crippen molar-refractivity contribution in [1.29, 1.82) is 0 Å². The molecule has 0 atom stereocenters. The topological polar surface area (TPSA) is 35.5 Å². The van der Waals surface area contributed by atoms with Gasteiger partial charge in [-0.2, -0.15) is 0 Å². The molecule has 3 nitrogen and oxygen atoms in total. The molecule has 0 unspecified atom stereocenters.